The molecule has 0 amide bonds. The summed E-state index contributed by atoms with van der Waals surface area (Å²) >= 11 is 6.32. The van der Waals surface area contributed by atoms with E-state index in [1.807, 2.05) is 46.8 Å². The van der Waals surface area contributed by atoms with E-state index < -0.39 is 7.12 Å². The van der Waals surface area contributed by atoms with Crippen molar-refractivity contribution in [1.82, 2.24) is 0 Å². The van der Waals surface area contributed by atoms with Crippen LogP contribution in [0.4, 0.5) is 5.69 Å². The van der Waals surface area contributed by atoms with Crippen molar-refractivity contribution < 1.29 is 9.31 Å². The van der Waals surface area contributed by atoms with Gasteiger partial charge >= 0.3 is 7.12 Å². The van der Waals surface area contributed by atoms with Gasteiger partial charge in [-0.3, -0.25) is 0 Å². The van der Waals surface area contributed by atoms with Gasteiger partial charge in [-0.1, -0.05) is 11.6 Å². The highest BCUT2D eigenvalue weighted by Gasteiger charge is 2.52. The van der Waals surface area contributed by atoms with E-state index in [4.69, 9.17) is 26.6 Å². The van der Waals surface area contributed by atoms with Gasteiger partial charge in [-0.15, -0.1) is 0 Å². The quantitative estimate of drug-likeness (QED) is 0.628. The Kier molecular flexibility index (Phi) is 3.17. The Bertz CT molecular complexity index is 472. The van der Waals surface area contributed by atoms with Crippen LogP contribution in [0.1, 0.15) is 33.3 Å². The first-order chi connectivity index (χ1) is 8.14. The summed E-state index contributed by atoms with van der Waals surface area (Å²) in [5.41, 5.74) is 7.51. The molecule has 0 bridgehead atoms. The van der Waals surface area contributed by atoms with Gasteiger partial charge in [0.1, 0.15) is 0 Å². The number of rotatable bonds is 1. The molecule has 3 nitrogen and oxygen atoms in total. The SMILES string of the molecule is Cc1cc(N)cc(B2OC(C)(C)C(C)(C)O2)c1Cl. The van der Waals surface area contributed by atoms with Gasteiger partial charge < -0.3 is 15.0 Å². The zero-order valence-corrected chi connectivity index (χ0v) is 12.3. The number of benzene rings is 1. The van der Waals surface area contributed by atoms with Gasteiger partial charge in [-0.2, -0.15) is 0 Å². The summed E-state index contributed by atoms with van der Waals surface area (Å²) in [7, 11) is -0.468. The number of anilines is 1. The molecule has 1 aromatic carbocycles. The van der Waals surface area contributed by atoms with E-state index in [9.17, 15) is 0 Å². The van der Waals surface area contributed by atoms with Crippen molar-refractivity contribution in [2.75, 3.05) is 5.73 Å². The average Bonchev–Trinajstić information content (AvgIpc) is 2.42. The fourth-order valence-corrected chi connectivity index (χ4v) is 2.17. The Labute approximate surface area is 114 Å². The highest BCUT2D eigenvalue weighted by molar-refractivity contribution is 6.66. The normalized spacial score (nSPS) is 21.3. The molecule has 1 aromatic rings. The molecule has 1 aliphatic rings. The van der Waals surface area contributed by atoms with Crippen molar-refractivity contribution in [1.29, 1.82) is 0 Å². The summed E-state index contributed by atoms with van der Waals surface area (Å²) in [6, 6.07) is 3.66. The molecular formula is C13H19BClNO2. The lowest BCUT2D eigenvalue weighted by Crippen LogP contribution is -2.41. The predicted octanol–water partition coefficient (Wildman–Crippen LogP) is 2.53. The lowest BCUT2D eigenvalue weighted by Gasteiger charge is -2.32. The fourth-order valence-electron chi connectivity index (χ4n) is 1.97. The molecule has 2 rings (SSSR count). The number of aryl methyl sites for hydroxylation is 1. The molecule has 0 unspecified atom stereocenters. The van der Waals surface area contributed by atoms with Crippen molar-refractivity contribution in [2.45, 2.75) is 45.8 Å². The van der Waals surface area contributed by atoms with Gasteiger partial charge in [0.2, 0.25) is 0 Å². The Morgan fingerprint density at radius 2 is 1.61 bits per heavy atom. The zero-order valence-electron chi connectivity index (χ0n) is 11.5. The molecule has 0 spiro atoms. The molecule has 1 heterocycles. The maximum absolute atomic E-state index is 6.32. The predicted molar refractivity (Wildman–Crippen MR) is 76.3 cm³/mol. The summed E-state index contributed by atoms with van der Waals surface area (Å²) in [4.78, 5) is 0. The Hall–Kier alpha value is -0.705. The van der Waals surface area contributed by atoms with Gasteiger partial charge in [-0.05, 0) is 52.3 Å². The molecule has 0 atom stereocenters. The molecular weight excluding hydrogens is 248 g/mol. The van der Waals surface area contributed by atoms with E-state index in [1.54, 1.807) is 0 Å². The second kappa shape index (κ2) is 4.15. The van der Waals surface area contributed by atoms with Crippen LogP contribution in [0.3, 0.4) is 0 Å². The van der Waals surface area contributed by atoms with Crippen LogP contribution in [-0.4, -0.2) is 18.3 Å². The molecule has 0 saturated carbocycles. The largest absolute Gasteiger partial charge is 0.496 e. The lowest BCUT2D eigenvalue weighted by atomic mass is 9.78. The molecule has 1 fully saturated rings. The molecule has 0 aromatic heterocycles. The Morgan fingerprint density at radius 3 is 2.11 bits per heavy atom. The monoisotopic (exact) mass is 267 g/mol. The van der Waals surface area contributed by atoms with E-state index in [-0.39, 0.29) is 11.2 Å². The minimum absolute atomic E-state index is 0.375. The van der Waals surface area contributed by atoms with Crippen LogP contribution in [-0.2, 0) is 9.31 Å². The number of nitrogens with two attached hydrogens (primary N) is 1. The van der Waals surface area contributed by atoms with Crippen molar-refractivity contribution >= 4 is 29.9 Å². The van der Waals surface area contributed by atoms with Crippen molar-refractivity contribution in [2.24, 2.45) is 0 Å². The fraction of sp³-hybridized carbons (Fsp3) is 0.538. The zero-order chi connectivity index (χ0) is 13.7. The highest BCUT2D eigenvalue weighted by Crippen LogP contribution is 2.37. The van der Waals surface area contributed by atoms with Crippen molar-refractivity contribution in [3.05, 3.63) is 22.7 Å². The second-order valence-electron chi connectivity index (χ2n) is 5.83. The van der Waals surface area contributed by atoms with E-state index in [0.717, 1.165) is 11.0 Å². The Balaban J connectivity index is 2.41. The third kappa shape index (κ3) is 2.13. The molecule has 0 aliphatic carbocycles. The van der Waals surface area contributed by atoms with Gasteiger partial charge in [0, 0.05) is 16.2 Å². The van der Waals surface area contributed by atoms with E-state index in [0.29, 0.717) is 10.7 Å². The maximum atomic E-state index is 6.32. The summed E-state index contributed by atoms with van der Waals surface area (Å²) in [5, 5.41) is 0.655. The Morgan fingerprint density at radius 1 is 1.11 bits per heavy atom. The summed E-state index contributed by atoms with van der Waals surface area (Å²) in [6.07, 6.45) is 0. The number of hydrogen-bond donors (Lipinski definition) is 1. The highest BCUT2D eigenvalue weighted by atomic mass is 35.5. The van der Waals surface area contributed by atoms with Crippen LogP contribution in [0.25, 0.3) is 0 Å². The molecule has 1 saturated heterocycles. The number of nitrogen functional groups attached to an aromatic ring is 1. The van der Waals surface area contributed by atoms with Crippen LogP contribution < -0.4 is 11.2 Å². The van der Waals surface area contributed by atoms with Gasteiger partial charge in [-0.25, -0.2) is 0 Å². The summed E-state index contributed by atoms with van der Waals surface area (Å²) < 4.78 is 12.0. The maximum Gasteiger partial charge on any atom is 0.496 e. The molecule has 18 heavy (non-hydrogen) atoms. The molecule has 98 valence electrons. The smallest absolute Gasteiger partial charge is 0.399 e. The molecule has 5 heteroatoms. The van der Waals surface area contributed by atoms with Crippen LogP contribution in [0.2, 0.25) is 5.02 Å². The van der Waals surface area contributed by atoms with Crippen molar-refractivity contribution in [3.63, 3.8) is 0 Å². The number of hydrogen-bond acceptors (Lipinski definition) is 3. The van der Waals surface area contributed by atoms with Gasteiger partial charge in [0.05, 0.1) is 11.2 Å². The third-order valence-corrected chi connectivity index (χ3v) is 4.33. The second-order valence-corrected chi connectivity index (χ2v) is 6.21. The first-order valence-electron chi connectivity index (χ1n) is 6.05. The molecule has 0 radical (unpaired) electrons. The summed E-state index contributed by atoms with van der Waals surface area (Å²) in [5.74, 6) is 0. The van der Waals surface area contributed by atoms with Crippen LogP contribution in [0, 0.1) is 6.92 Å². The number of halogens is 1. The topological polar surface area (TPSA) is 44.5 Å². The molecule has 1 aliphatic heterocycles. The minimum atomic E-state index is -0.468. The van der Waals surface area contributed by atoms with Crippen LogP contribution in [0.15, 0.2) is 12.1 Å². The van der Waals surface area contributed by atoms with Crippen LogP contribution >= 0.6 is 11.6 Å². The first kappa shape index (κ1) is 13.7. The summed E-state index contributed by atoms with van der Waals surface area (Å²) in [6.45, 7) is 9.98. The van der Waals surface area contributed by atoms with Crippen LogP contribution in [0.5, 0.6) is 0 Å². The standard InChI is InChI=1S/C13H19BClNO2/c1-8-6-9(16)7-10(11(8)15)14-17-12(2,3)13(4,5)18-14/h6-7H,16H2,1-5H3. The average molecular weight is 268 g/mol. The lowest BCUT2D eigenvalue weighted by molar-refractivity contribution is 0.00578. The van der Waals surface area contributed by atoms with Crippen molar-refractivity contribution in [3.8, 4) is 0 Å². The van der Waals surface area contributed by atoms with E-state index in [1.165, 1.54) is 0 Å². The first-order valence-corrected chi connectivity index (χ1v) is 6.43. The third-order valence-electron chi connectivity index (χ3n) is 3.81. The van der Waals surface area contributed by atoms with E-state index in [2.05, 4.69) is 0 Å². The van der Waals surface area contributed by atoms with E-state index >= 15 is 0 Å². The minimum Gasteiger partial charge on any atom is -0.399 e. The van der Waals surface area contributed by atoms with Gasteiger partial charge in [0.25, 0.3) is 0 Å². The van der Waals surface area contributed by atoms with Gasteiger partial charge in [0.15, 0.2) is 0 Å². The molecule has 2 N–H and O–H groups in total.